The van der Waals surface area contributed by atoms with Gasteiger partial charge in [0.15, 0.2) is 0 Å². The van der Waals surface area contributed by atoms with Crippen molar-refractivity contribution in [2.24, 2.45) is 5.18 Å². The fourth-order valence-corrected chi connectivity index (χ4v) is 2.36. The van der Waals surface area contributed by atoms with E-state index in [4.69, 9.17) is 14.2 Å². The van der Waals surface area contributed by atoms with E-state index in [0.29, 0.717) is 37.7 Å². The highest BCUT2D eigenvalue weighted by Crippen LogP contribution is 2.39. The van der Waals surface area contributed by atoms with Crippen LogP contribution in [0.25, 0.3) is 0 Å². The molecule has 1 aromatic carbocycles. The van der Waals surface area contributed by atoms with E-state index in [9.17, 15) is 9.70 Å². The summed E-state index contributed by atoms with van der Waals surface area (Å²) in [6.45, 7) is 3.17. The highest BCUT2D eigenvalue weighted by molar-refractivity contribution is 5.86. The van der Waals surface area contributed by atoms with E-state index >= 15 is 0 Å². The minimum Gasteiger partial charge on any atom is -0.493 e. The van der Waals surface area contributed by atoms with Crippen molar-refractivity contribution >= 4 is 17.3 Å². The van der Waals surface area contributed by atoms with Gasteiger partial charge >= 0.3 is 5.97 Å². The van der Waals surface area contributed by atoms with Gasteiger partial charge in [0.05, 0.1) is 18.9 Å². The summed E-state index contributed by atoms with van der Waals surface area (Å²) < 4.78 is 15.5. The molecule has 2 rings (SSSR count). The van der Waals surface area contributed by atoms with Crippen molar-refractivity contribution in [1.82, 2.24) is 0 Å². The number of benzene rings is 1. The lowest BCUT2D eigenvalue weighted by Crippen LogP contribution is -2.28. The lowest BCUT2D eigenvalue weighted by atomic mass is 10.1. The van der Waals surface area contributed by atoms with Crippen LogP contribution in [0.3, 0.4) is 0 Å². The van der Waals surface area contributed by atoms with E-state index in [1.54, 1.807) is 20.1 Å². The summed E-state index contributed by atoms with van der Waals surface area (Å²) in [5.74, 6) is 0.230. The highest BCUT2D eigenvalue weighted by Gasteiger charge is 2.30. The Morgan fingerprint density at radius 1 is 1.41 bits per heavy atom. The number of methoxy groups -OCH3 is 1. The molecule has 7 heteroatoms. The maximum atomic E-state index is 11.8. The molecule has 1 unspecified atom stereocenters. The summed E-state index contributed by atoms with van der Waals surface area (Å²) in [7, 11) is 1.63. The lowest BCUT2D eigenvalue weighted by Gasteiger charge is -2.10. The van der Waals surface area contributed by atoms with Crippen molar-refractivity contribution in [2.45, 2.75) is 25.8 Å². The number of nitrogens with one attached hydrogen (secondary N) is 1. The second-order valence-corrected chi connectivity index (χ2v) is 4.92. The minimum atomic E-state index is -0.487. The zero-order chi connectivity index (χ0) is 15.9. The SMILES string of the molecule is CCOC(=O)C1Cc2cc(OCCCOC)cc(N=O)c2N1. The number of nitroso groups, excluding NO2 is 1. The first-order valence-electron chi connectivity index (χ1n) is 7.24. The van der Waals surface area contributed by atoms with E-state index in [1.807, 2.05) is 6.07 Å². The monoisotopic (exact) mass is 308 g/mol. The zero-order valence-corrected chi connectivity index (χ0v) is 12.8. The first kappa shape index (κ1) is 16.2. The highest BCUT2D eigenvalue weighted by atomic mass is 16.5. The Kier molecular flexibility index (Phi) is 5.71. The number of hydrogen-bond acceptors (Lipinski definition) is 7. The second kappa shape index (κ2) is 7.74. The number of carbonyl (C=O) groups is 1. The first-order valence-corrected chi connectivity index (χ1v) is 7.24. The van der Waals surface area contributed by atoms with Crippen molar-refractivity contribution in [3.63, 3.8) is 0 Å². The summed E-state index contributed by atoms with van der Waals surface area (Å²) in [5.41, 5.74) is 1.65. The molecule has 1 aliphatic rings. The molecule has 1 atom stereocenters. The fraction of sp³-hybridized carbons (Fsp3) is 0.533. The van der Waals surface area contributed by atoms with Gasteiger partial charge in [0, 0.05) is 32.6 Å². The summed E-state index contributed by atoms with van der Waals surface area (Å²) in [5, 5.41) is 6.02. The topological polar surface area (TPSA) is 86.2 Å². The maximum absolute atomic E-state index is 11.8. The molecule has 0 fully saturated rings. The van der Waals surface area contributed by atoms with Crippen LogP contribution in [0.15, 0.2) is 17.3 Å². The third-order valence-electron chi connectivity index (χ3n) is 3.35. The van der Waals surface area contributed by atoms with Crippen molar-refractivity contribution in [3.05, 3.63) is 22.6 Å². The smallest absolute Gasteiger partial charge is 0.328 e. The zero-order valence-electron chi connectivity index (χ0n) is 12.8. The molecule has 1 heterocycles. The Labute approximate surface area is 128 Å². The van der Waals surface area contributed by atoms with Gasteiger partial charge in [0.1, 0.15) is 17.5 Å². The number of esters is 1. The number of carbonyl (C=O) groups excluding carboxylic acids is 1. The Morgan fingerprint density at radius 3 is 2.91 bits per heavy atom. The van der Waals surface area contributed by atoms with Crippen molar-refractivity contribution in [1.29, 1.82) is 0 Å². The molecule has 1 aliphatic heterocycles. The summed E-state index contributed by atoms with van der Waals surface area (Å²) in [4.78, 5) is 22.8. The molecular weight excluding hydrogens is 288 g/mol. The van der Waals surface area contributed by atoms with Crippen LogP contribution in [0, 0.1) is 4.91 Å². The van der Waals surface area contributed by atoms with E-state index < -0.39 is 6.04 Å². The Hall–Kier alpha value is -2.15. The first-order chi connectivity index (χ1) is 10.7. The van der Waals surface area contributed by atoms with Crippen LogP contribution in [0.4, 0.5) is 11.4 Å². The molecule has 7 nitrogen and oxygen atoms in total. The predicted molar refractivity (Wildman–Crippen MR) is 81.6 cm³/mol. The van der Waals surface area contributed by atoms with E-state index in [2.05, 4.69) is 10.5 Å². The van der Waals surface area contributed by atoms with Crippen molar-refractivity contribution < 1.29 is 19.0 Å². The molecule has 0 amide bonds. The summed E-state index contributed by atoms with van der Waals surface area (Å²) >= 11 is 0. The summed E-state index contributed by atoms with van der Waals surface area (Å²) in [6, 6.07) is 2.90. The number of fused-ring (bicyclic) bond motifs is 1. The predicted octanol–water partition coefficient (Wildman–Crippen LogP) is 2.40. The number of rotatable bonds is 8. The van der Waals surface area contributed by atoms with E-state index in [1.165, 1.54) is 0 Å². The minimum absolute atomic E-state index is 0.242. The molecule has 0 aromatic heterocycles. The Balaban J connectivity index is 2.09. The van der Waals surface area contributed by atoms with Gasteiger partial charge in [-0.2, -0.15) is 0 Å². The van der Waals surface area contributed by atoms with Gasteiger partial charge in [-0.05, 0) is 23.7 Å². The largest absolute Gasteiger partial charge is 0.493 e. The van der Waals surface area contributed by atoms with Gasteiger partial charge < -0.3 is 19.5 Å². The number of hydrogen-bond donors (Lipinski definition) is 1. The fourth-order valence-electron chi connectivity index (χ4n) is 2.36. The van der Waals surface area contributed by atoms with Crippen LogP contribution in [-0.4, -0.2) is 38.9 Å². The maximum Gasteiger partial charge on any atom is 0.328 e. The second-order valence-electron chi connectivity index (χ2n) is 4.92. The molecule has 1 aromatic rings. The molecule has 120 valence electrons. The number of nitrogens with zero attached hydrogens (tertiary/aromatic N) is 1. The molecule has 0 saturated heterocycles. The molecule has 0 saturated carbocycles. The quantitative estimate of drug-likeness (QED) is 0.451. The molecule has 0 radical (unpaired) electrons. The van der Waals surface area contributed by atoms with E-state index in [0.717, 1.165) is 12.0 Å². The van der Waals surface area contributed by atoms with Crippen LogP contribution >= 0.6 is 0 Å². The normalized spacial score (nSPS) is 15.8. The molecule has 0 aliphatic carbocycles. The Morgan fingerprint density at radius 2 is 2.23 bits per heavy atom. The van der Waals surface area contributed by atoms with E-state index in [-0.39, 0.29) is 11.7 Å². The van der Waals surface area contributed by atoms with Crippen molar-refractivity contribution in [3.8, 4) is 5.75 Å². The van der Waals surface area contributed by atoms with Gasteiger partial charge in [0.2, 0.25) is 0 Å². The summed E-state index contributed by atoms with van der Waals surface area (Å²) in [6.07, 6.45) is 1.20. The van der Waals surface area contributed by atoms with Gasteiger partial charge in [-0.25, -0.2) is 4.79 Å². The molecule has 0 bridgehead atoms. The lowest BCUT2D eigenvalue weighted by molar-refractivity contribution is -0.143. The van der Waals surface area contributed by atoms with Gasteiger partial charge in [0.25, 0.3) is 0 Å². The Bertz CT molecular complexity index is 547. The number of ether oxygens (including phenoxy) is 3. The van der Waals surface area contributed by atoms with Crippen LogP contribution in [0.5, 0.6) is 5.75 Å². The third-order valence-corrected chi connectivity index (χ3v) is 3.35. The van der Waals surface area contributed by atoms with Crippen LogP contribution in [-0.2, 0) is 20.7 Å². The molecule has 22 heavy (non-hydrogen) atoms. The standard InChI is InChI=1S/C15H20N2O5/c1-3-21-15(18)13-8-10-7-11(22-6-4-5-20-2)9-12(17-19)14(10)16-13/h7,9,13,16H,3-6,8H2,1-2H3. The average molecular weight is 308 g/mol. The molecule has 1 N–H and O–H groups in total. The van der Waals surface area contributed by atoms with Crippen molar-refractivity contribution in [2.75, 3.05) is 32.2 Å². The van der Waals surface area contributed by atoms with Gasteiger partial charge in [-0.15, -0.1) is 4.91 Å². The van der Waals surface area contributed by atoms with Gasteiger partial charge in [-0.3, -0.25) is 0 Å². The molecular formula is C15H20N2O5. The third kappa shape index (κ3) is 3.73. The van der Waals surface area contributed by atoms with Gasteiger partial charge in [-0.1, -0.05) is 0 Å². The van der Waals surface area contributed by atoms with Crippen LogP contribution in [0.1, 0.15) is 18.9 Å². The molecule has 0 spiro atoms. The van der Waals surface area contributed by atoms with Crippen LogP contribution in [0.2, 0.25) is 0 Å². The number of anilines is 1. The van der Waals surface area contributed by atoms with Crippen LogP contribution < -0.4 is 10.1 Å². The average Bonchev–Trinajstić information content (AvgIpc) is 2.95.